The van der Waals surface area contributed by atoms with E-state index in [1.54, 1.807) is 0 Å². The molecule has 0 bridgehead atoms. The van der Waals surface area contributed by atoms with E-state index in [9.17, 15) is 5.11 Å². The summed E-state index contributed by atoms with van der Waals surface area (Å²) >= 11 is 3.23. The molecule has 0 aromatic carbocycles. The minimum absolute atomic E-state index is 0.201. The summed E-state index contributed by atoms with van der Waals surface area (Å²) in [5, 5.41) is 9.36. The third-order valence-corrected chi connectivity index (χ3v) is 1.92. The molecule has 1 N–H and O–H groups in total. The topological polar surface area (TPSA) is 20.2 Å². The molecule has 0 spiro atoms. The Morgan fingerprint density at radius 1 is 1.55 bits per heavy atom. The van der Waals surface area contributed by atoms with Gasteiger partial charge in [0.15, 0.2) is 0 Å². The Balaban J connectivity index is 3.22. The van der Waals surface area contributed by atoms with Gasteiger partial charge in [-0.15, -0.1) is 0 Å². The Kier molecular flexibility index (Phi) is 6.98. The fraction of sp³-hybridized carbons (Fsp3) is 0.778. The van der Waals surface area contributed by atoms with E-state index < -0.39 is 0 Å². The first-order valence-electron chi connectivity index (χ1n) is 4.18. The van der Waals surface area contributed by atoms with E-state index in [1.807, 2.05) is 0 Å². The molecule has 0 fully saturated rings. The van der Waals surface area contributed by atoms with Crippen LogP contribution >= 0.6 is 15.9 Å². The Labute approximate surface area is 77.6 Å². The SMILES string of the molecule is C=C(Br)CC(O)CCCCC. The highest BCUT2D eigenvalue weighted by atomic mass is 79.9. The van der Waals surface area contributed by atoms with E-state index in [-0.39, 0.29) is 6.10 Å². The molecular weight excluding hydrogens is 204 g/mol. The molecule has 0 heterocycles. The van der Waals surface area contributed by atoms with Crippen molar-refractivity contribution < 1.29 is 5.11 Å². The van der Waals surface area contributed by atoms with Crippen LogP contribution in [0.15, 0.2) is 11.1 Å². The highest BCUT2D eigenvalue weighted by molar-refractivity contribution is 9.11. The van der Waals surface area contributed by atoms with Gasteiger partial charge in [0.05, 0.1) is 6.10 Å². The van der Waals surface area contributed by atoms with Crippen LogP contribution in [0.2, 0.25) is 0 Å². The molecule has 0 aliphatic carbocycles. The number of aliphatic hydroxyl groups excluding tert-OH is 1. The van der Waals surface area contributed by atoms with Crippen molar-refractivity contribution >= 4 is 15.9 Å². The lowest BCUT2D eigenvalue weighted by molar-refractivity contribution is 0.163. The molecule has 2 heteroatoms. The van der Waals surface area contributed by atoms with E-state index in [0.29, 0.717) is 6.42 Å². The van der Waals surface area contributed by atoms with Crippen LogP contribution in [0, 0.1) is 0 Å². The minimum atomic E-state index is -0.201. The van der Waals surface area contributed by atoms with Gasteiger partial charge in [-0.3, -0.25) is 0 Å². The van der Waals surface area contributed by atoms with E-state index in [1.165, 1.54) is 12.8 Å². The minimum Gasteiger partial charge on any atom is -0.393 e. The van der Waals surface area contributed by atoms with Gasteiger partial charge in [0, 0.05) is 6.42 Å². The van der Waals surface area contributed by atoms with Crippen LogP contribution in [0.4, 0.5) is 0 Å². The number of hydrogen-bond donors (Lipinski definition) is 1. The number of aliphatic hydroxyl groups is 1. The molecule has 0 rings (SSSR count). The smallest absolute Gasteiger partial charge is 0.0585 e. The molecule has 66 valence electrons. The first-order valence-corrected chi connectivity index (χ1v) is 4.97. The van der Waals surface area contributed by atoms with Gasteiger partial charge in [-0.1, -0.05) is 48.7 Å². The fourth-order valence-electron chi connectivity index (χ4n) is 0.988. The van der Waals surface area contributed by atoms with Gasteiger partial charge in [-0.25, -0.2) is 0 Å². The number of hydrogen-bond acceptors (Lipinski definition) is 1. The molecule has 0 saturated carbocycles. The van der Waals surface area contributed by atoms with Gasteiger partial charge in [-0.05, 0) is 10.9 Å². The molecule has 0 aromatic rings. The molecule has 0 amide bonds. The van der Waals surface area contributed by atoms with Crippen LogP contribution < -0.4 is 0 Å². The largest absolute Gasteiger partial charge is 0.393 e. The van der Waals surface area contributed by atoms with Gasteiger partial charge >= 0.3 is 0 Å². The lowest BCUT2D eigenvalue weighted by Crippen LogP contribution is -2.05. The predicted octanol–water partition coefficient (Wildman–Crippen LogP) is 3.23. The summed E-state index contributed by atoms with van der Waals surface area (Å²) in [5.41, 5.74) is 0. The normalized spacial score (nSPS) is 13.0. The molecule has 0 aromatic heterocycles. The molecule has 0 saturated heterocycles. The summed E-state index contributed by atoms with van der Waals surface area (Å²) in [6.07, 6.45) is 4.93. The van der Waals surface area contributed by atoms with Gasteiger partial charge in [0.2, 0.25) is 0 Å². The number of rotatable bonds is 6. The molecule has 1 nitrogen and oxygen atoms in total. The van der Waals surface area contributed by atoms with Gasteiger partial charge in [0.25, 0.3) is 0 Å². The van der Waals surface area contributed by atoms with Gasteiger partial charge < -0.3 is 5.11 Å². The number of unbranched alkanes of at least 4 members (excludes halogenated alkanes) is 2. The van der Waals surface area contributed by atoms with Crippen LogP contribution in [0.3, 0.4) is 0 Å². The maximum Gasteiger partial charge on any atom is 0.0585 e. The van der Waals surface area contributed by atoms with Crippen LogP contribution in [0.5, 0.6) is 0 Å². The number of halogens is 1. The second-order valence-corrected chi connectivity index (χ2v) is 3.99. The maximum atomic E-state index is 9.36. The lowest BCUT2D eigenvalue weighted by Gasteiger charge is -2.07. The summed E-state index contributed by atoms with van der Waals surface area (Å²) in [6.45, 7) is 5.84. The summed E-state index contributed by atoms with van der Waals surface area (Å²) in [4.78, 5) is 0. The summed E-state index contributed by atoms with van der Waals surface area (Å²) in [5.74, 6) is 0. The average molecular weight is 221 g/mol. The Bertz CT molecular complexity index is 112. The molecule has 0 radical (unpaired) electrons. The lowest BCUT2D eigenvalue weighted by atomic mass is 10.1. The third kappa shape index (κ3) is 8.08. The van der Waals surface area contributed by atoms with Crippen molar-refractivity contribution in [3.05, 3.63) is 11.1 Å². The average Bonchev–Trinajstić information content (AvgIpc) is 1.86. The molecule has 0 aliphatic heterocycles. The van der Waals surface area contributed by atoms with Crippen LogP contribution in [-0.4, -0.2) is 11.2 Å². The molecule has 1 unspecified atom stereocenters. The van der Waals surface area contributed by atoms with E-state index in [4.69, 9.17) is 0 Å². The van der Waals surface area contributed by atoms with Crippen molar-refractivity contribution in [2.75, 3.05) is 0 Å². The van der Waals surface area contributed by atoms with E-state index in [2.05, 4.69) is 29.4 Å². The van der Waals surface area contributed by atoms with Crippen molar-refractivity contribution in [3.8, 4) is 0 Å². The monoisotopic (exact) mass is 220 g/mol. The van der Waals surface area contributed by atoms with Gasteiger partial charge in [0.1, 0.15) is 0 Å². The molecular formula is C9H17BrO. The van der Waals surface area contributed by atoms with E-state index >= 15 is 0 Å². The first-order chi connectivity index (χ1) is 5.16. The third-order valence-electron chi connectivity index (χ3n) is 1.60. The zero-order chi connectivity index (χ0) is 8.69. The first kappa shape index (κ1) is 11.2. The van der Waals surface area contributed by atoms with Crippen molar-refractivity contribution in [3.63, 3.8) is 0 Å². The highest BCUT2D eigenvalue weighted by Crippen LogP contribution is 2.14. The van der Waals surface area contributed by atoms with Crippen molar-refractivity contribution in [2.24, 2.45) is 0 Å². The summed E-state index contributed by atoms with van der Waals surface area (Å²) in [7, 11) is 0. The van der Waals surface area contributed by atoms with Gasteiger partial charge in [-0.2, -0.15) is 0 Å². The summed E-state index contributed by atoms with van der Waals surface area (Å²) < 4.78 is 0.890. The van der Waals surface area contributed by atoms with Crippen molar-refractivity contribution in [1.82, 2.24) is 0 Å². The Morgan fingerprint density at radius 2 is 2.18 bits per heavy atom. The van der Waals surface area contributed by atoms with Crippen LogP contribution in [0.1, 0.15) is 39.0 Å². The summed E-state index contributed by atoms with van der Waals surface area (Å²) in [6, 6.07) is 0. The highest BCUT2D eigenvalue weighted by Gasteiger charge is 2.03. The van der Waals surface area contributed by atoms with Crippen LogP contribution in [0.25, 0.3) is 0 Å². The standard InChI is InChI=1S/C9H17BrO/c1-3-4-5-6-9(11)7-8(2)10/h9,11H,2-7H2,1H3. The second kappa shape index (κ2) is 6.86. The predicted molar refractivity (Wildman–Crippen MR) is 52.8 cm³/mol. The quantitative estimate of drug-likeness (QED) is 0.682. The molecule has 11 heavy (non-hydrogen) atoms. The fourth-order valence-corrected chi connectivity index (χ4v) is 1.36. The second-order valence-electron chi connectivity index (χ2n) is 2.87. The Morgan fingerprint density at radius 3 is 2.64 bits per heavy atom. The zero-order valence-electron chi connectivity index (χ0n) is 7.15. The maximum absolute atomic E-state index is 9.36. The Hall–Kier alpha value is 0.180. The van der Waals surface area contributed by atoms with Crippen molar-refractivity contribution in [1.29, 1.82) is 0 Å². The molecule has 0 aliphatic rings. The van der Waals surface area contributed by atoms with Crippen molar-refractivity contribution in [2.45, 2.75) is 45.1 Å². The molecule has 1 atom stereocenters. The van der Waals surface area contributed by atoms with E-state index in [0.717, 1.165) is 17.3 Å². The van der Waals surface area contributed by atoms with Crippen LogP contribution in [-0.2, 0) is 0 Å². The zero-order valence-corrected chi connectivity index (χ0v) is 8.73.